The predicted molar refractivity (Wildman–Crippen MR) is 73.1 cm³/mol. The molecule has 19 heavy (non-hydrogen) atoms. The van der Waals surface area contributed by atoms with Gasteiger partial charge in [0.25, 0.3) is 5.69 Å². The SMILES string of the molecule is NC1CCC(OCc2cc(Cl)ccc2[N+](=O)[O-])CC1. The Morgan fingerprint density at radius 3 is 2.68 bits per heavy atom. The van der Waals surface area contributed by atoms with Crippen molar-refractivity contribution in [3.05, 3.63) is 38.9 Å². The molecule has 0 amide bonds. The summed E-state index contributed by atoms with van der Waals surface area (Å²) in [6, 6.07) is 4.79. The molecule has 0 aromatic heterocycles. The van der Waals surface area contributed by atoms with Crippen LogP contribution in [0.5, 0.6) is 0 Å². The zero-order valence-corrected chi connectivity index (χ0v) is 11.3. The molecule has 0 aliphatic heterocycles. The number of benzene rings is 1. The fourth-order valence-electron chi connectivity index (χ4n) is 2.31. The van der Waals surface area contributed by atoms with E-state index in [0.717, 1.165) is 25.7 Å². The molecule has 2 N–H and O–H groups in total. The molecule has 0 unspecified atom stereocenters. The lowest BCUT2D eigenvalue weighted by Gasteiger charge is -2.26. The van der Waals surface area contributed by atoms with Gasteiger partial charge in [0.1, 0.15) is 0 Å². The fourth-order valence-corrected chi connectivity index (χ4v) is 2.51. The Labute approximate surface area is 116 Å². The highest BCUT2D eigenvalue weighted by atomic mass is 35.5. The van der Waals surface area contributed by atoms with Crippen LogP contribution in [0.3, 0.4) is 0 Å². The van der Waals surface area contributed by atoms with E-state index in [1.807, 2.05) is 0 Å². The van der Waals surface area contributed by atoms with E-state index in [2.05, 4.69) is 0 Å². The first-order valence-corrected chi connectivity index (χ1v) is 6.74. The van der Waals surface area contributed by atoms with Crippen molar-refractivity contribution < 1.29 is 9.66 Å². The molecule has 104 valence electrons. The number of hydrogen-bond acceptors (Lipinski definition) is 4. The van der Waals surface area contributed by atoms with Gasteiger partial charge < -0.3 is 10.5 Å². The largest absolute Gasteiger partial charge is 0.373 e. The smallest absolute Gasteiger partial charge is 0.275 e. The Bertz CT molecular complexity index is 459. The minimum absolute atomic E-state index is 0.0527. The van der Waals surface area contributed by atoms with Gasteiger partial charge in [-0.2, -0.15) is 0 Å². The van der Waals surface area contributed by atoms with Crippen LogP contribution in [-0.4, -0.2) is 17.1 Å². The molecule has 0 saturated heterocycles. The summed E-state index contributed by atoms with van der Waals surface area (Å²) in [6.07, 6.45) is 3.86. The van der Waals surface area contributed by atoms with E-state index >= 15 is 0 Å². The molecule has 5 nitrogen and oxygen atoms in total. The van der Waals surface area contributed by atoms with Crippen LogP contribution in [0.25, 0.3) is 0 Å². The molecule has 0 radical (unpaired) electrons. The van der Waals surface area contributed by atoms with E-state index in [1.165, 1.54) is 12.1 Å². The molecule has 2 rings (SSSR count). The predicted octanol–water partition coefficient (Wildman–Crippen LogP) is 3.03. The van der Waals surface area contributed by atoms with Crippen molar-refractivity contribution in [1.82, 2.24) is 0 Å². The van der Waals surface area contributed by atoms with Gasteiger partial charge in [-0.15, -0.1) is 0 Å². The molecule has 0 bridgehead atoms. The monoisotopic (exact) mass is 284 g/mol. The summed E-state index contributed by atoms with van der Waals surface area (Å²) in [4.78, 5) is 10.5. The maximum Gasteiger partial charge on any atom is 0.275 e. The summed E-state index contributed by atoms with van der Waals surface area (Å²) >= 11 is 5.87. The van der Waals surface area contributed by atoms with E-state index < -0.39 is 4.92 Å². The first kappa shape index (κ1) is 14.2. The van der Waals surface area contributed by atoms with Gasteiger partial charge in [0.2, 0.25) is 0 Å². The third-order valence-corrected chi connectivity index (χ3v) is 3.67. The van der Waals surface area contributed by atoms with Crippen molar-refractivity contribution in [2.45, 2.75) is 44.4 Å². The number of nitrogens with zero attached hydrogens (tertiary/aromatic N) is 1. The van der Waals surface area contributed by atoms with Crippen LogP contribution < -0.4 is 5.73 Å². The van der Waals surface area contributed by atoms with Crippen molar-refractivity contribution in [2.24, 2.45) is 5.73 Å². The summed E-state index contributed by atoms with van der Waals surface area (Å²) < 4.78 is 5.74. The molecule has 6 heteroatoms. The van der Waals surface area contributed by atoms with Gasteiger partial charge in [-0.25, -0.2) is 0 Å². The summed E-state index contributed by atoms with van der Waals surface area (Å²) in [5.74, 6) is 0. The Kier molecular flexibility index (Phi) is 4.74. The normalized spacial score (nSPS) is 23.3. The number of rotatable bonds is 4. The highest BCUT2D eigenvalue weighted by Gasteiger charge is 2.21. The molecule has 1 aliphatic carbocycles. The van der Waals surface area contributed by atoms with E-state index in [9.17, 15) is 10.1 Å². The lowest BCUT2D eigenvalue weighted by molar-refractivity contribution is -0.386. The zero-order valence-electron chi connectivity index (χ0n) is 10.5. The maximum atomic E-state index is 10.9. The van der Waals surface area contributed by atoms with Crippen LogP contribution >= 0.6 is 11.6 Å². The summed E-state index contributed by atoms with van der Waals surface area (Å²) in [5, 5.41) is 11.4. The highest BCUT2D eigenvalue weighted by molar-refractivity contribution is 6.30. The van der Waals surface area contributed by atoms with Gasteiger partial charge in [0, 0.05) is 17.1 Å². The Balaban J connectivity index is 1.98. The third kappa shape index (κ3) is 3.89. The molecule has 1 aromatic rings. The fraction of sp³-hybridized carbons (Fsp3) is 0.538. The standard InChI is InChI=1S/C13H17ClN2O3/c14-10-1-6-13(16(17)18)9(7-10)8-19-12-4-2-11(15)3-5-12/h1,6-7,11-12H,2-5,8,15H2. The second-order valence-electron chi connectivity index (χ2n) is 4.88. The average Bonchev–Trinajstić information content (AvgIpc) is 2.38. The Morgan fingerprint density at radius 2 is 2.05 bits per heavy atom. The number of hydrogen-bond donors (Lipinski definition) is 1. The Hall–Kier alpha value is -1.17. The average molecular weight is 285 g/mol. The van der Waals surface area contributed by atoms with Gasteiger partial charge in [0.05, 0.1) is 23.2 Å². The number of ether oxygens (including phenoxy) is 1. The number of nitro groups is 1. The number of nitro benzene ring substituents is 1. The van der Waals surface area contributed by atoms with Crippen molar-refractivity contribution in [1.29, 1.82) is 0 Å². The minimum atomic E-state index is -0.411. The molecule has 0 spiro atoms. The summed E-state index contributed by atoms with van der Waals surface area (Å²) in [6.45, 7) is 0.219. The first-order valence-electron chi connectivity index (χ1n) is 6.36. The number of halogens is 1. The van der Waals surface area contributed by atoms with Crippen LogP contribution in [-0.2, 0) is 11.3 Å². The topological polar surface area (TPSA) is 78.4 Å². The van der Waals surface area contributed by atoms with Gasteiger partial charge in [-0.05, 0) is 37.8 Å². The molecule has 1 aliphatic rings. The van der Waals surface area contributed by atoms with E-state index in [-0.39, 0.29) is 24.4 Å². The molecule has 1 fully saturated rings. The van der Waals surface area contributed by atoms with E-state index in [1.54, 1.807) is 6.07 Å². The molecular formula is C13H17ClN2O3. The van der Waals surface area contributed by atoms with E-state index in [0.29, 0.717) is 10.6 Å². The molecule has 0 heterocycles. The molecule has 1 saturated carbocycles. The first-order chi connectivity index (χ1) is 9.06. The number of nitrogens with two attached hydrogens (primary N) is 1. The summed E-state index contributed by atoms with van der Waals surface area (Å²) in [5.41, 5.74) is 6.40. The van der Waals surface area contributed by atoms with Crippen LogP contribution in [0.2, 0.25) is 5.02 Å². The van der Waals surface area contributed by atoms with Crippen LogP contribution in [0, 0.1) is 10.1 Å². The molecule has 0 atom stereocenters. The van der Waals surface area contributed by atoms with Crippen molar-refractivity contribution in [3.63, 3.8) is 0 Å². The van der Waals surface area contributed by atoms with Crippen LogP contribution in [0.15, 0.2) is 18.2 Å². The van der Waals surface area contributed by atoms with Crippen molar-refractivity contribution in [2.75, 3.05) is 0 Å². The van der Waals surface area contributed by atoms with Crippen molar-refractivity contribution >= 4 is 17.3 Å². The molecular weight excluding hydrogens is 268 g/mol. The lowest BCUT2D eigenvalue weighted by atomic mass is 9.94. The minimum Gasteiger partial charge on any atom is -0.373 e. The summed E-state index contributed by atoms with van der Waals surface area (Å²) in [7, 11) is 0. The third-order valence-electron chi connectivity index (χ3n) is 3.43. The quantitative estimate of drug-likeness (QED) is 0.681. The van der Waals surface area contributed by atoms with Crippen LogP contribution in [0.1, 0.15) is 31.2 Å². The lowest BCUT2D eigenvalue weighted by Crippen LogP contribution is -2.30. The molecule has 1 aromatic carbocycles. The zero-order chi connectivity index (χ0) is 13.8. The highest BCUT2D eigenvalue weighted by Crippen LogP contribution is 2.26. The van der Waals surface area contributed by atoms with Crippen molar-refractivity contribution in [3.8, 4) is 0 Å². The van der Waals surface area contributed by atoms with Crippen LogP contribution in [0.4, 0.5) is 5.69 Å². The second kappa shape index (κ2) is 6.32. The van der Waals surface area contributed by atoms with Gasteiger partial charge >= 0.3 is 0 Å². The Morgan fingerprint density at radius 1 is 1.37 bits per heavy atom. The van der Waals surface area contributed by atoms with Gasteiger partial charge in [0.15, 0.2) is 0 Å². The van der Waals surface area contributed by atoms with Gasteiger partial charge in [-0.3, -0.25) is 10.1 Å². The second-order valence-corrected chi connectivity index (χ2v) is 5.31. The van der Waals surface area contributed by atoms with E-state index in [4.69, 9.17) is 22.1 Å². The maximum absolute atomic E-state index is 10.9. The van der Waals surface area contributed by atoms with Gasteiger partial charge in [-0.1, -0.05) is 11.6 Å².